The van der Waals surface area contributed by atoms with Crippen molar-refractivity contribution in [3.8, 4) is 11.5 Å². The van der Waals surface area contributed by atoms with Gasteiger partial charge in [-0.25, -0.2) is 0 Å². The third-order valence-electron chi connectivity index (χ3n) is 2.11. The van der Waals surface area contributed by atoms with Crippen LogP contribution in [0.5, 0.6) is 11.5 Å². The van der Waals surface area contributed by atoms with Crippen LogP contribution in [0, 0.1) is 0 Å². The lowest BCUT2D eigenvalue weighted by atomic mass is 10.2. The fraction of sp³-hybridized carbons (Fsp3) is 0.500. The molecule has 0 spiro atoms. The van der Waals surface area contributed by atoms with Crippen LogP contribution in [-0.2, 0) is 0 Å². The van der Waals surface area contributed by atoms with Crippen LogP contribution < -0.4 is 9.47 Å². The molecule has 0 atom stereocenters. The molecule has 0 aliphatic carbocycles. The maximum absolute atomic E-state index is 12.1. The van der Waals surface area contributed by atoms with E-state index in [1.165, 1.54) is 18.2 Å². The molecule has 0 aromatic heterocycles. The fourth-order valence-corrected chi connectivity index (χ4v) is 1.73. The molecule has 0 saturated heterocycles. The standard InChI is InChI=1S/C12H14BrF3O2/c13-8-4-1-5-9-17-10-6-2-3-7-11(10)18-12(14,15)16/h2-3,6-7H,1,4-5,8-9H2. The van der Waals surface area contributed by atoms with Gasteiger partial charge in [0, 0.05) is 5.33 Å². The van der Waals surface area contributed by atoms with Crippen LogP contribution in [-0.4, -0.2) is 18.3 Å². The summed E-state index contributed by atoms with van der Waals surface area (Å²) in [4.78, 5) is 0. The van der Waals surface area contributed by atoms with Gasteiger partial charge in [-0.3, -0.25) is 0 Å². The fourth-order valence-electron chi connectivity index (χ4n) is 1.33. The molecule has 0 unspecified atom stereocenters. The number of hydrogen-bond acceptors (Lipinski definition) is 2. The molecular weight excluding hydrogens is 313 g/mol. The zero-order valence-electron chi connectivity index (χ0n) is 9.67. The Morgan fingerprint density at radius 2 is 1.67 bits per heavy atom. The summed E-state index contributed by atoms with van der Waals surface area (Å²) < 4.78 is 45.5. The molecule has 6 heteroatoms. The average molecular weight is 327 g/mol. The highest BCUT2D eigenvalue weighted by atomic mass is 79.9. The van der Waals surface area contributed by atoms with Gasteiger partial charge in [0.2, 0.25) is 0 Å². The van der Waals surface area contributed by atoms with Crippen molar-refractivity contribution in [2.45, 2.75) is 25.6 Å². The molecule has 0 aliphatic rings. The SMILES string of the molecule is FC(F)(F)Oc1ccccc1OCCCCCBr. The highest BCUT2D eigenvalue weighted by molar-refractivity contribution is 9.09. The van der Waals surface area contributed by atoms with E-state index in [-0.39, 0.29) is 11.5 Å². The smallest absolute Gasteiger partial charge is 0.490 e. The summed E-state index contributed by atoms with van der Waals surface area (Å²) in [6.45, 7) is 0.380. The van der Waals surface area contributed by atoms with Crippen LogP contribution >= 0.6 is 15.9 Å². The molecule has 0 radical (unpaired) electrons. The van der Waals surface area contributed by atoms with Crippen LogP contribution in [0.15, 0.2) is 24.3 Å². The first kappa shape index (κ1) is 15.1. The lowest BCUT2D eigenvalue weighted by Gasteiger charge is -2.13. The van der Waals surface area contributed by atoms with E-state index in [0.29, 0.717) is 6.61 Å². The summed E-state index contributed by atoms with van der Waals surface area (Å²) in [7, 11) is 0. The van der Waals surface area contributed by atoms with Crippen LogP contribution in [0.1, 0.15) is 19.3 Å². The second-order valence-electron chi connectivity index (χ2n) is 3.59. The van der Waals surface area contributed by atoms with E-state index >= 15 is 0 Å². The van der Waals surface area contributed by atoms with Crippen LogP contribution in [0.3, 0.4) is 0 Å². The number of para-hydroxylation sites is 2. The minimum atomic E-state index is -4.70. The van der Waals surface area contributed by atoms with Gasteiger partial charge in [-0.05, 0) is 31.4 Å². The largest absolute Gasteiger partial charge is 0.573 e. The summed E-state index contributed by atoms with van der Waals surface area (Å²) in [5, 5.41) is 0.917. The maximum atomic E-state index is 12.1. The van der Waals surface area contributed by atoms with E-state index in [0.717, 1.165) is 24.6 Å². The lowest BCUT2D eigenvalue weighted by molar-refractivity contribution is -0.275. The Bertz CT molecular complexity index is 355. The molecule has 18 heavy (non-hydrogen) atoms. The minimum absolute atomic E-state index is 0.119. The van der Waals surface area contributed by atoms with Crippen LogP contribution in [0.4, 0.5) is 13.2 Å². The maximum Gasteiger partial charge on any atom is 0.573 e. The van der Waals surface area contributed by atoms with Gasteiger partial charge in [-0.1, -0.05) is 28.1 Å². The molecule has 2 nitrogen and oxygen atoms in total. The van der Waals surface area contributed by atoms with Gasteiger partial charge in [-0.2, -0.15) is 0 Å². The first-order valence-corrected chi connectivity index (χ1v) is 6.68. The molecule has 1 aromatic rings. The minimum Gasteiger partial charge on any atom is -0.490 e. The van der Waals surface area contributed by atoms with Crippen molar-refractivity contribution in [1.82, 2.24) is 0 Å². The third kappa shape index (κ3) is 6.14. The highest BCUT2D eigenvalue weighted by Crippen LogP contribution is 2.31. The summed E-state index contributed by atoms with van der Waals surface area (Å²) in [5.41, 5.74) is 0. The van der Waals surface area contributed by atoms with Gasteiger partial charge in [0.05, 0.1) is 6.61 Å². The molecule has 1 aromatic carbocycles. The second-order valence-corrected chi connectivity index (χ2v) is 4.39. The summed E-state index contributed by atoms with van der Waals surface area (Å²) in [5.74, 6) is -0.181. The van der Waals surface area contributed by atoms with Gasteiger partial charge in [0.15, 0.2) is 11.5 Å². The third-order valence-corrected chi connectivity index (χ3v) is 2.67. The molecule has 0 fully saturated rings. The zero-order valence-corrected chi connectivity index (χ0v) is 11.3. The van der Waals surface area contributed by atoms with E-state index in [2.05, 4.69) is 20.7 Å². The molecular formula is C12H14BrF3O2. The molecule has 102 valence electrons. The molecule has 0 amide bonds. The van der Waals surface area contributed by atoms with Crippen molar-refractivity contribution in [2.75, 3.05) is 11.9 Å². The van der Waals surface area contributed by atoms with Crippen molar-refractivity contribution >= 4 is 15.9 Å². The topological polar surface area (TPSA) is 18.5 Å². The molecule has 0 aliphatic heterocycles. The number of unbranched alkanes of at least 4 members (excludes halogenated alkanes) is 2. The number of ether oxygens (including phenoxy) is 2. The Morgan fingerprint density at radius 3 is 2.28 bits per heavy atom. The van der Waals surface area contributed by atoms with Crippen molar-refractivity contribution in [2.24, 2.45) is 0 Å². The van der Waals surface area contributed by atoms with Crippen molar-refractivity contribution < 1.29 is 22.6 Å². The molecule has 0 heterocycles. The molecule has 0 N–H and O–H groups in total. The Labute approximate surface area is 112 Å². The monoisotopic (exact) mass is 326 g/mol. The normalized spacial score (nSPS) is 11.3. The Morgan fingerprint density at radius 1 is 1.00 bits per heavy atom. The number of halogens is 4. The predicted molar refractivity (Wildman–Crippen MR) is 66.3 cm³/mol. The quantitative estimate of drug-likeness (QED) is 0.541. The van der Waals surface area contributed by atoms with E-state index in [1.54, 1.807) is 6.07 Å². The Kier molecular flexibility index (Phi) is 6.32. The van der Waals surface area contributed by atoms with Crippen LogP contribution in [0.2, 0.25) is 0 Å². The van der Waals surface area contributed by atoms with E-state index in [4.69, 9.17) is 4.74 Å². The van der Waals surface area contributed by atoms with Gasteiger partial charge in [-0.15, -0.1) is 13.2 Å². The van der Waals surface area contributed by atoms with E-state index in [9.17, 15) is 13.2 Å². The Hall–Kier alpha value is -0.910. The van der Waals surface area contributed by atoms with Crippen LogP contribution in [0.25, 0.3) is 0 Å². The predicted octanol–water partition coefficient (Wildman–Crippen LogP) is 4.53. The summed E-state index contributed by atoms with van der Waals surface area (Å²) in [6, 6.07) is 5.78. The second kappa shape index (κ2) is 7.51. The van der Waals surface area contributed by atoms with Crippen molar-refractivity contribution in [1.29, 1.82) is 0 Å². The molecule has 0 bridgehead atoms. The first-order valence-electron chi connectivity index (χ1n) is 5.56. The molecule has 0 saturated carbocycles. The summed E-state index contributed by atoms with van der Waals surface area (Å²) >= 11 is 3.31. The highest BCUT2D eigenvalue weighted by Gasteiger charge is 2.32. The lowest BCUT2D eigenvalue weighted by Crippen LogP contribution is -2.17. The van der Waals surface area contributed by atoms with Gasteiger partial charge >= 0.3 is 6.36 Å². The number of rotatable bonds is 7. The number of benzene rings is 1. The van der Waals surface area contributed by atoms with Gasteiger partial charge < -0.3 is 9.47 Å². The van der Waals surface area contributed by atoms with Crippen molar-refractivity contribution in [3.05, 3.63) is 24.3 Å². The van der Waals surface area contributed by atoms with Crippen molar-refractivity contribution in [3.63, 3.8) is 0 Å². The summed E-state index contributed by atoms with van der Waals surface area (Å²) in [6.07, 6.45) is -1.92. The average Bonchev–Trinajstić information content (AvgIpc) is 2.29. The van der Waals surface area contributed by atoms with Gasteiger partial charge in [0.25, 0.3) is 0 Å². The zero-order chi connectivity index (χ0) is 13.4. The number of hydrogen-bond donors (Lipinski definition) is 0. The van der Waals surface area contributed by atoms with E-state index in [1.807, 2.05) is 0 Å². The Balaban J connectivity index is 2.49. The first-order chi connectivity index (χ1) is 8.53. The number of alkyl halides is 4. The van der Waals surface area contributed by atoms with Gasteiger partial charge in [0.1, 0.15) is 0 Å². The molecule has 1 rings (SSSR count). The van der Waals surface area contributed by atoms with E-state index < -0.39 is 6.36 Å².